The second kappa shape index (κ2) is 10.1. The summed E-state index contributed by atoms with van der Waals surface area (Å²) < 4.78 is 0. The highest BCUT2D eigenvalue weighted by molar-refractivity contribution is 5.87. The van der Waals surface area contributed by atoms with E-state index in [1.807, 2.05) is 0 Å². The van der Waals surface area contributed by atoms with E-state index in [4.69, 9.17) is 5.11 Å². The lowest BCUT2D eigenvalue weighted by Gasteiger charge is -2.44. The number of aliphatic hydroxyl groups excluding tert-OH is 1. The molecule has 1 atom stereocenters. The van der Waals surface area contributed by atoms with Crippen LogP contribution in [0, 0.1) is 18.8 Å². The van der Waals surface area contributed by atoms with Crippen molar-refractivity contribution >= 4 is 5.97 Å². The summed E-state index contributed by atoms with van der Waals surface area (Å²) in [6, 6.07) is 19.6. The maximum absolute atomic E-state index is 11.2. The van der Waals surface area contributed by atoms with E-state index in [9.17, 15) is 9.90 Å². The zero-order valence-electron chi connectivity index (χ0n) is 23.8. The van der Waals surface area contributed by atoms with Gasteiger partial charge in [0.15, 0.2) is 0 Å². The number of benzene rings is 3. The van der Waals surface area contributed by atoms with Crippen molar-refractivity contribution in [2.75, 3.05) is 0 Å². The summed E-state index contributed by atoms with van der Waals surface area (Å²) in [6.07, 6.45) is 2.14. The van der Waals surface area contributed by atoms with Gasteiger partial charge in [-0.3, -0.25) is 0 Å². The number of fused-ring (bicyclic) bond motifs is 1. The van der Waals surface area contributed by atoms with Crippen molar-refractivity contribution in [2.45, 2.75) is 90.1 Å². The van der Waals surface area contributed by atoms with Crippen LogP contribution in [0.2, 0.25) is 0 Å². The van der Waals surface area contributed by atoms with E-state index in [0.29, 0.717) is 5.56 Å². The Morgan fingerprint density at radius 1 is 0.947 bits per heavy atom. The largest absolute Gasteiger partial charge is 0.478 e. The third-order valence-corrected chi connectivity index (χ3v) is 8.29. The molecule has 4 rings (SSSR count). The minimum atomic E-state index is -0.967. The predicted molar refractivity (Wildman–Crippen MR) is 155 cm³/mol. The molecule has 0 heterocycles. The molecule has 0 amide bonds. The van der Waals surface area contributed by atoms with E-state index in [-0.39, 0.29) is 21.8 Å². The van der Waals surface area contributed by atoms with E-state index in [1.54, 1.807) is 12.1 Å². The topological polar surface area (TPSA) is 57.5 Å². The second-order valence-electron chi connectivity index (χ2n) is 12.9. The maximum Gasteiger partial charge on any atom is 0.335 e. The first-order valence-electron chi connectivity index (χ1n) is 13.5. The van der Waals surface area contributed by atoms with Crippen molar-refractivity contribution in [3.05, 3.63) is 105 Å². The lowest BCUT2D eigenvalue weighted by Crippen LogP contribution is -2.36. The molecule has 1 aliphatic rings. The molecule has 3 aromatic carbocycles. The summed E-state index contributed by atoms with van der Waals surface area (Å²) in [5.74, 6) is 5.07. The van der Waals surface area contributed by atoms with E-state index < -0.39 is 12.1 Å². The van der Waals surface area contributed by atoms with Crippen LogP contribution >= 0.6 is 0 Å². The molecule has 0 bridgehead atoms. The molecule has 1 aliphatic carbocycles. The number of aryl methyl sites for hydroxylation is 1. The number of carboxylic acids is 1. The summed E-state index contributed by atoms with van der Waals surface area (Å²) in [5.41, 5.74) is 8.26. The molecule has 0 fully saturated rings. The molecule has 38 heavy (non-hydrogen) atoms. The Balaban J connectivity index is 1.78. The van der Waals surface area contributed by atoms with E-state index in [0.717, 1.165) is 24.8 Å². The standard InChI is InChI=1S/C35H40O3/c1-23-8-15-28(16-9-23)35(6,7)22-27-20-26(21-29-31(27)34(4,5)19-18-33(29,2)3)30(36)17-12-24-10-13-25(14-11-24)32(37)38/h8-11,13-16,20-21,30,36H,18-19,22H2,1-7H3,(H,37,38). The molecule has 0 saturated heterocycles. The summed E-state index contributed by atoms with van der Waals surface area (Å²) >= 11 is 0. The fourth-order valence-electron chi connectivity index (χ4n) is 5.76. The maximum atomic E-state index is 11.2. The van der Waals surface area contributed by atoms with Crippen LogP contribution in [0.25, 0.3) is 0 Å². The highest BCUT2D eigenvalue weighted by atomic mass is 16.4. The first kappa shape index (κ1) is 27.7. The SMILES string of the molecule is Cc1ccc(C(C)(C)Cc2cc(C(O)C#Cc3ccc(C(=O)O)cc3)cc3c2C(C)(C)CCC3(C)C)cc1. The Labute approximate surface area is 227 Å². The summed E-state index contributed by atoms with van der Waals surface area (Å²) in [6.45, 7) is 16.0. The van der Waals surface area contributed by atoms with Gasteiger partial charge in [-0.2, -0.15) is 0 Å². The fourth-order valence-corrected chi connectivity index (χ4v) is 5.76. The quantitative estimate of drug-likeness (QED) is 0.348. The first-order chi connectivity index (χ1) is 17.7. The number of aromatic carboxylic acids is 1. The normalized spacial score (nSPS) is 16.6. The third kappa shape index (κ3) is 5.71. The molecule has 0 aromatic heterocycles. The fraction of sp³-hybridized carbons (Fsp3) is 0.400. The van der Waals surface area contributed by atoms with Crippen molar-refractivity contribution < 1.29 is 15.0 Å². The van der Waals surface area contributed by atoms with E-state index in [2.05, 4.69) is 96.7 Å². The molecule has 3 nitrogen and oxygen atoms in total. The van der Waals surface area contributed by atoms with Gasteiger partial charge >= 0.3 is 5.97 Å². The van der Waals surface area contributed by atoms with Crippen molar-refractivity contribution in [3.8, 4) is 11.8 Å². The molecule has 0 radical (unpaired) electrons. The monoisotopic (exact) mass is 508 g/mol. The zero-order valence-corrected chi connectivity index (χ0v) is 23.8. The highest BCUT2D eigenvalue weighted by Crippen LogP contribution is 2.49. The van der Waals surface area contributed by atoms with Crippen LogP contribution < -0.4 is 0 Å². The van der Waals surface area contributed by atoms with Crippen LogP contribution in [-0.2, 0) is 22.7 Å². The smallest absolute Gasteiger partial charge is 0.335 e. The molecule has 0 spiro atoms. The number of hydrogen-bond acceptors (Lipinski definition) is 2. The summed E-state index contributed by atoms with van der Waals surface area (Å²) in [7, 11) is 0. The molecule has 3 aromatic rings. The Hall–Kier alpha value is -3.35. The Morgan fingerprint density at radius 3 is 2.16 bits per heavy atom. The van der Waals surface area contributed by atoms with Crippen molar-refractivity contribution in [1.29, 1.82) is 0 Å². The third-order valence-electron chi connectivity index (χ3n) is 8.29. The number of aliphatic hydroxyl groups is 1. The van der Waals surface area contributed by atoms with Crippen molar-refractivity contribution in [3.63, 3.8) is 0 Å². The van der Waals surface area contributed by atoms with Crippen LogP contribution in [0.5, 0.6) is 0 Å². The van der Waals surface area contributed by atoms with Crippen molar-refractivity contribution in [2.24, 2.45) is 0 Å². The molecule has 0 aliphatic heterocycles. The molecule has 0 saturated carbocycles. The lowest BCUT2D eigenvalue weighted by molar-refractivity contribution is 0.0697. The van der Waals surface area contributed by atoms with Crippen LogP contribution in [0.15, 0.2) is 60.7 Å². The lowest BCUT2D eigenvalue weighted by atomic mass is 9.60. The number of rotatable bonds is 5. The Morgan fingerprint density at radius 2 is 1.55 bits per heavy atom. The molecular formula is C35H40O3. The molecule has 1 unspecified atom stereocenters. The summed E-state index contributed by atoms with van der Waals surface area (Å²) in [5, 5.41) is 20.4. The van der Waals surface area contributed by atoms with Gasteiger partial charge < -0.3 is 10.2 Å². The first-order valence-corrected chi connectivity index (χ1v) is 13.5. The Kier molecular flexibility index (Phi) is 7.34. The van der Waals surface area contributed by atoms with E-state index >= 15 is 0 Å². The number of carboxylic acid groups (broad SMARTS) is 1. The summed E-state index contributed by atoms with van der Waals surface area (Å²) in [4.78, 5) is 11.1. The van der Waals surface area contributed by atoms with Crippen LogP contribution in [0.3, 0.4) is 0 Å². The molecule has 198 valence electrons. The zero-order chi connectivity index (χ0) is 27.9. The molecule has 3 heteroatoms. The molecule has 2 N–H and O–H groups in total. The van der Waals surface area contributed by atoms with Crippen LogP contribution in [0.1, 0.15) is 110 Å². The van der Waals surface area contributed by atoms with Gasteiger partial charge in [0, 0.05) is 5.56 Å². The average Bonchev–Trinajstić information content (AvgIpc) is 2.85. The van der Waals surface area contributed by atoms with Gasteiger partial charge in [0.1, 0.15) is 6.10 Å². The predicted octanol–water partition coefficient (Wildman–Crippen LogP) is 7.65. The van der Waals surface area contributed by atoms with Gasteiger partial charge in [-0.1, -0.05) is 95.3 Å². The minimum absolute atomic E-state index is 0.00340. The Bertz CT molecular complexity index is 1390. The average molecular weight is 509 g/mol. The molecular weight excluding hydrogens is 468 g/mol. The second-order valence-corrected chi connectivity index (χ2v) is 12.9. The van der Waals surface area contributed by atoms with Crippen LogP contribution in [0.4, 0.5) is 0 Å². The number of carbonyl (C=O) groups is 1. The van der Waals surface area contributed by atoms with Gasteiger partial charge in [0.05, 0.1) is 5.56 Å². The highest BCUT2D eigenvalue weighted by Gasteiger charge is 2.40. The van der Waals surface area contributed by atoms with Gasteiger partial charge in [-0.15, -0.1) is 0 Å². The van der Waals surface area contributed by atoms with Gasteiger partial charge in [-0.05, 0) is 94.5 Å². The van der Waals surface area contributed by atoms with Crippen molar-refractivity contribution in [1.82, 2.24) is 0 Å². The van der Waals surface area contributed by atoms with Gasteiger partial charge in [0.2, 0.25) is 0 Å². The number of hydrogen-bond donors (Lipinski definition) is 2. The van der Waals surface area contributed by atoms with Gasteiger partial charge in [-0.25, -0.2) is 4.79 Å². The van der Waals surface area contributed by atoms with Gasteiger partial charge in [0.25, 0.3) is 0 Å². The van der Waals surface area contributed by atoms with E-state index in [1.165, 1.54) is 39.9 Å². The minimum Gasteiger partial charge on any atom is -0.478 e. The van der Waals surface area contributed by atoms with Crippen LogP contribution in [-0.4, -0.2) is 16.2 Å².